The molecule has 0 unspecified atom stereocenters. The Morgan fingerprint density at radius 2 is 1.73 bits per heavy atom. The van der Waals surface area contributed by atoms with Crippen LogP contribution in [0.3, 0.4) is 0 Å². The number of carbonyl (C=O) groups excluding carboxylic acids is 4. The van der Waals surface area contributed by atoms with Gasteiger partial charge in [0.1, 0.15) is 17.9 Å². The fourth-order valence-electron chi connectivity index (χ4n) is 5.33. The van der Waals surface area contributed by atoms with Gasteiger partial charge in [-0.25, -0.2) is 4.39 Å². The molecular weight excluding hydrogens is 583 g/mol. The number of unbranched alkanes of at least 4 members (excludes halogenated alkanes) is 1. The van der Waals surface area contributed by atoms with E-state index in [9.17, 15) is 23.6 Å². The van der Waals surface area contributed by atoms with Gasteiger partial charge in [0, 0.05) is 42.1 Å². The number of nitrogens with one attached hydrogen (secondary N) is 2. The molecule has 4 N–H and O–H groups in total. The van der Waals surface area contributed by atoms with Crippen LogP contribution in [0.2, 0.25) is 5.02 Å². The summed E-state index contributed by atoms with van der Waals surface area (Å²) in [5, 5.41) is 6.34. The van der Waals surface area contributed by atoms with Crippen molar-refractivity contribution in [3.05, 3.63) is 99.3 Å². The molecule has 0 bridgehead atoms. The molecule has 8 nitrogen and oxygen atoms in total. The summed E-state index contributed by atoms with van der Waals surface area (Å²) in [5.41, 5.74) is 9.57. The molecule has 0 aromatic heterocycles. The van der Waals surface area contributed by atoms with E-state index in [0.29, 0.717) is 47.6 Å². The standard InChI is InChI=1S/C34H38ClFN4O4/c1-21-18-26(11-12-27(21)35)38-33(43)29(9-5-6-16-37)39-34(44)30-19-23-7-3-4-8-25(23)20-40(30)32(42)15-14-31(41)24-10-13-28(36)22(2)17-24/h3-4,7-8,10-13,17-18,29-30H,5-6,9,14-16,19-20,37H2,1-2H3,(H,38,43)(H,39,44)/t29-,30-/m0/s1. The lowest BCUT2D eigenvalue weighted by molar-refractivity contribution is -0.142. The van der Waals surface area contributed by atoms with Crippen LogP contribution in [0.5, 0.6) is 0 Å². The zero-order valence-corrected chi connectivity index (χ0v) is 25.8. The number of aryl methyl sites for hydroxylation is 2. The maximum Gasteiger partial charge on any atom is 0.246 e. The van der Waals surface area contributed by atoms with Gasteiger partial charge in [-0.05, 0) is 98.3 Å². The Morgan fingerprint density at radius 3 is 2.43 bits per heavy atom. The van der Waals surface area contributed by atoms with Crippen LogP contribution < -0.4 is 16.4 Å². The molecular formula is C34H38ClFN4O4. The molecule has 232 valence electrons. The predicted molar refractivity (Wildman–Crippen MR) is 169 cm³/mol. The number of amides is 3. The summed E-state index contributed by atoms with van der Waals surface area (Å²) in [6, 6.07) is 15.1. The molecule has 3 aromatic carbocycles. The SMILES string of the molecule is Cc1cc(C(=O)CCC(=O)N2Cc3ccccc3C[C@H]2C(=O)N[C@@H](CCCCN)C(=O)Nc2ccc(Cl)c(C)c2)ccc1F. The van der Waals surface area contributed by atoms with Crippen molar-refractivity contribution in [1.82, 2.24) is 10.2 Å². The number of nitrogens with two attached hydrogens (primary N) is 1. The maximum absolute atomic E-state index is 13.8. The quantitative estimate of drug-likeness (QED) is 0.188. The van der Waals surface area contributed by atoms with Crippen molar-refractivity contribution >= 4 is 40.8 Å². The van der Waals surface area contributed by atoms with Gasteiger partial charge in [0.05, 0.1) is 0 Å². The molecule has 1 aliphatic rings. The monoisotopic (exact) mass is 620 g/mol. The summed E-state index contributed by atoms with van der Waals surface area (Å²) in [5.74, 6) is -1.88. The van der Waals surface area contributed by atoms with Crippen LogP contribution in [0.25, 0.3) is 0 Å². The van der Waals surface area contributed by atoms with Crippen molar-refractivity contribution in [2.24, 2.45) is 5.73 Å². The third kappa shape index (κ3) is 8.30. The van der Waals surface area contributed by atoms with E-state index in [1.807, 2.05) is 31.2 Å². The first-order chi connectivity index (χ1) is 21.1. The molecule has 0 saturated heterocycles. The Labute approximate surface area is 262 Å². The van der Waals surface area contributed by atoms with E-state index in [4.69, 9.17) is 17.3 Å². The molecule has 0 radical (unpaired) electrons. The highest BCUT2D eigenvalue weighted by Gasteiger charge is 2.36. The summed E-state index contributed by atoms with van der Waals surface area (Å²) in [6.07, 6.45) is 1.74. The number of ketones is 1. The minimum absolute atomic E-state index is 0.0823. The van der Waals surface area contributed by atoms with E-state index in [1.54, 1.807) is 25.1 Å². The van der Waals surface area contributed by atoms with Crippen molar-refractivity contribution in [2.45, 2.75) is 71.0 Å². The number of fused-ring (bicyclic) bond motifs is 1. The Bertz CT molecular complexity index is 1550. The number of Topliss-reactive ketones (excluding diaryl/α,β-unsaturated/α-hetero) is 1. The molecule has 3 aromatic rings. The molecule has 0 fully saturated rings. The summed E-state index contributed by atoms with van der Waals surface area (Å²) in [6.45, 7) is 4.06. The number of anilines is 1. The smallest absolute Gasteiger partial charge is 0.246 e. The van der Waals surface area contributed by atoms with E-state index in [1.165, 1.54) is 23.1 Å². The number of benzene rings is 3. The Balaban J connectivity index is 1.50. The highest BCUT2D eigenvalue weighted by atomic mass is 35.5. The van der Waals surface area contributed by atoms with Crippen LogP contribution in [-0.4, -0.2) is 47.0 Å². The van der Waals surface area contributed by atoms with Crippen LogP contribution in [0, 0.1) is 19.7 Å². The molecule has 4 rings (SSSR count). The number of hydrogen-bond acceptors (Lipinski definition) is 5. The number of nitrogens with zero attached hydrogens (tertiary/aromatic N) is 1. The largest absolute Gasteiger partial charge is 0.342 e. The van der Waals surface area contributed by atoms with E-state index in [-0.39, 0.29) is 43.4 Å². The number of halogens is 2. The summed E-state index contributed by atoms with van der Waals surface area (Å²) >= 11 is 6.13. The normalized spacial score (nSPS) is 14.8. The van der Waals surface area contributed by atoms with E-state index in [2.05, 4.69) is 10.6 Å². The highest BCUT2D eigenvalue weighted by molar-refractivity contribution is 6.31. The lowest BCUT2D eigenvalue weighted by Crippen LogP contribution is -2.56. The van der Waals surface area contributed by atoms with Crippen LogP contribution in [0.1, 0.15) is 64.7 Å². The van der Waals surface area contributed by atoms with Gasteiger partial charge in [0.15, 0.2) is 5.78 Å². The average Bonchev–Trinajstić information content (AvgIpc) is 3.01. The van der Waals surface area contributed by atoms with Crippen LogP contribution in [-0.2, 0) is 27.3 Å². The fraction of sp³-hybridized carbons (Fsp3) is 0.353. The van der Waals surface area contributed by atoms with E-state index >= 15 is 0 Å². The topological polar surface area (TPSA) is 122 Å². The minimum atomic E-state index is -0.872. The molecule has 0 spiro atoms. The second kappa shape index (κ2) is 15.1. The van der Waals surface area contributed by atoms with Crippen molar-refractivity contribution in [2.75, 3.05) is 11.9 Å². The van der Waals surface area contributed by atoms with Crippen LogP contribution in [0.4, 0.5) is 10.1 Å². The predicted octanol–water partition coefficient (Wildman–Crippen LogP) is 5.26. The lowest BCUT2D eigenvalue weighted by Gasteiger charge is -2.37. The first kappa shape index (κ1) is 32.8. The number of rotatable bonds is 12. The van der Waals surface area contributed by atoms with Gasteiger partial charge in [-0.3, -0.25) is 19.2 Å². The van der Waals surface area contributed by atoms with Crippen molar-refractivity contribution in [3.8, 4) is 0 Å². The summed E-state index contributed by atoms with van der Waals surface area (Å²) < 4.78 is 13.7. The second-order valence-corrected chi connectivity index (χ2v) is 11.6. The molecule has 3 amide bonds. The van der Waals surface area contributed by atoms with Crippen LogP contribution >= 0.6 is 11.6 Å². The molecule has 0 aliphatic carbocycles. The Hall–Kier alpha value is -4.08. The van der Waals surface area contributed by atoms with Crippen molar-refractivity contribution in [1.29, 1.82) is 0 Å². The fourth-order valence-corrected chi connectivity index (χ4v) is 5.44. The van der Waals surface area contributed by atoms with Gasteiger partial charge in [-0.15, -0.1) is 0 Å². The molecule has 44 heavy (non-hydrogen) atoms. The summed E-state index contributed by atoms with van der Waals surface area (Å²) in [7, 11) is 0. The number of hydrogen-bond donors (Lipinski definition) is 3. The Kier molecular flexibility index (Phi) is 11.3. The molecule has 1 aliphatic heterocycles. The Morgan fingerprint density at radius 1 is 0.977 bits per heavy atom. The first-order valence-electron chi connectivity index (χ1n) is 14.8. The van der Waals surface area contributed by atoms with Gasteiger partial charge in [-0.2, -0.15) is 0 Å². The van der Waals surface area contributed by atoms with E-state index < -0.39 is 23.8 Å². The second-order valence-electron chi connectivity index (χ2n) is 11.2. The molecule has 1 heterocycles. The minimum Gasteiger partial charge on any atom is -0.342 e. The lowest BCUT2D eigenvalue weighted by atomic mass is 9.92. The first-order valence-corrected chi connectivity index (χ1v) is 15.2. The van der Waals surface area contributed by atoms with Gasteiger partial charge in [-0.1, -0.05) is 35.9 Å². The number of carbonyl (C=O) groups is 4. The van der Waals surface area contributed by atoms with Gasteiger partial charge < -0.3 is 21.3 Å². The van der Waals surface area contributed by atoms with E-state index in [0.717, 1.165) is 16.7 Å². The van der Waals surface area contributed by atoms with Gasteiger partial charge in [0.2, 0.25) is 17.7 Å². The third-order valence-electron chi connectivity index (χ3n) is 7.92. The van der Waals surface area contributed by atoms with Crippen LogP contribution in [0.15, 0.2) is 60.7 Å². The van der Waals surface area contributed by atoms with Crippen molar-refractivity contribution < 1.29 is 23.6 Å². The zero-order chi connectivity index (χ0) is 31.8. The zero-order valence-electron chi connectivity index (χ0n) is 25.0. The molecule has 2 atom stereocenters. The van der Waals surface area contributed by atoms with Gasteiger partial charge in [0.25, 0.3) is 0 Å². The third-order valence-corrected chi connectivity index (χ3v) is 8.35. The highest BCUT2D eigenvalue weighted by Crippen LogP contribution is 2.26. The van der Waals surface area contributed by atoms with Gasteiger partial charge >= 0.3 is 0 Å². The van der Waals surface area contributed by atoms with Crippen molar-refractivity contribution in [3.63, 3.8) is 0 Å². The molecule has 10 heteroatoms. The molecule has 0 saturated carbocycles. The maximum atomic E-state index is 13.8. The summed E-state index contributed by atoms with van der Waals surface area (Å²) in [4.78, 5) is 55.0. The average molecular weight is 621 g/mol.